The number of halogens is 1. The average molecular weight is 328 g/mol. The van der Waals surface area contributed by atoms with Crippen molar-refractivity contribution in [2.45, 2.75) is 43.6 Å². The Kier molecular flexibility index (Phi) is 3.28. The topological polar surface area (TPSA) is 23.6 Å². The van der Waals surface area contributed by atoms with Crippen LogP contribution >= 0.6 is 0 Å². The molecule has 1 aliphatic carbocycles. The van der Waals surface area contributed by atoms with Crippen LogP contribution in [0.15, 0.2) is 24.3 Å². The van der Waals surface area contributed by atoms with Crippen molar-refractivity contribution >= 4 is 5.91 Å². The number of likely N-dealkylation sites (tertiary alicyclic amines) is 1. The predicted octanol–water partition coefficient (Wildman–Crippen LogP) is 2.80. The van der Waals surface area contributed by atoms with E-state index in [2.05, 4.69) is 9.80 Å². The zero-order chi connectivity index (χ0) is 16.3. The highest BCUT2D eigenvalue weighted by Gasteiger charge is 2.56. The van der Waals surface area contributed by atoms with Crippen LogP contribution in [0, 0.1) is 17.7 Å². The van der Waals surface area contributed by atoms with E-state index in [9.17, 15) is 9.18 Å². The molecule has 4 heteroatoms. The summed E-state index contributed by atoms with van der Waals surface area (Å²) in [6.07, 6.45) is 5.83. The summed E-state index contributed by atoms with van der Waals surface area (Å²) < 4.78 is 13.2. The van der Waals surface area contributed by atoms with E-state index >= 15 is 0 Å². The van der Waals surface area contributed by atoms with Crippen molar-refractivity contribution in [3.63, 3.8) is 0 Å². The molecule has 3 heterocycles. The molecule has 4 fully saturated rings. The summed E-state index contributed by atoms with van der Waals surface area (Å²) in [5, 5.41) is 0. The van der Waals surface area contributed by atoms with Crippen molar-refractivity contribution < 1.29 is 9.18 Å². The maximum atomic E-state index is 13.2. The number of fused-ring (bicyclic) bond motifs is 3. The third-order valence-electron chi connectivity index (χ3n) is 6.96. The largest absolute Gasteiger partial charge is 0.341 e. The van der Waals surface area contributed by atoms with Crippen molar-refractivity contribution in [2.75, 3.05) is 26.2 Å². The first-order valence-corrected chi connectivity index (χ1v) is 9.47. The summed E-state index contributed by atoms with van der Waals surface area (Å²) in [4.78, 5) is 18.0. The molecule has 1 saturated carbocycles. The van der Waals surface area contributed by atoms with Crippen molar-refractivity contribution in [1.29, 1.82) is 0 Å². The first kappa shape index (κ1) is 14.9. The molecule has 3 nitrogen and oxygen atoms in total. The van der Waals surface area contributed by atoms with Gasteiger partial charge < -0.3 is 4.90 Å². The molecule has 1 aromatic carbocycles. The van der Waals surface area contributed by atoms with Crippen LogP contribution < -0.4 is 0 Å². The fourth-order valence-corrected chi connectivity index (χ4v) is 5.54. The molecule has 24 heavy (non-hydrogen) atoms. The summed E-state index contributed by atoms with van der Waals surface area (Å²) >= 11 is 0. The van der Waals surface area contributed by atoms with Gasteiger partial charge in [0.1, 0.15) is 5.82 Å². The van der Waals surface area contributed by atoms with Crippen LogP contribution in [-0.2, 0) is 10.2 Å². The summed E-state index contributed by atoms with van der Waals surface area (Å²) in [5.74, 6) is 1.42. The SMILES string of the molecule is O=C(N1C[C@@H]2CN3CCCC[C@H]3[C@@H]2C1)C1(c2ccc(F)cc2)CC1. The van der Waals surface area contributed by atoms with Crippen LogP contribution in [0.5, 0.6) is 0 Å². The predicted molar refractivity (Wildman–Crippen MR) is 90.1 cm³/mol. The van der Waals surface area contributed by atoms with Crippen molar-refractivity contribution in [1.82, 2.24) is 9.80 Å². The number of benzene rings is 1. The second-order valence-electron chi connectivity index (χ2n) is 8.28. The minimum Gasteiger partial charge on any atom is -0.341 e. The molecule has 4 aliphatic rings. The summed E-state index contributed by atoms with van der Waals surface area (Å²) in [6.45, 7) is 4.31. The number of carbonyl (C=O) groups is 1. The van der Waals surface area contributed by atoms with E-state index < -0.39 is 0 Å². The van der Waals surface area contributed by atoms with Crippen LogP contribution in [0.2, 0.25) is 0 Å². The van der Waals surface area contributed by atoms with Gasteiger partial charge >= 0.3 is 0 Å². The van der Waals surface area contributed by atoms with Gasteiger partial charge in [-0.25, -0.2) is 4.39 Å². The molecule has 0 aromatic heterocycles. The Balaban J connectivity index is 1.33. The number of hydrogen-bond acceptors (Lipinski definition) is 2. The number of nitrogens with zero attached hydrogens (tertiary/aromatic N) is 2. The molecule has 0 N–H and O–H groups in total. The molecule has 1 aromatic rings. The first-order chi connectivity index (χ1) is 11.7. The molecule has 0 bridgehead atoms. The Morgan fingerprint density at radius 2 is 1.88 bits per heavy atom. The van der Waals surface area contributed by atoms with Crippen LogP contribution in [0.1, 0.15) is 37.7 Å². The van der Waals surface area contributed by atoms with Crippen LogP contribution in [0.25, 0.3) is 0 Å². The molecule has 5 rings (SSSR count). The molecule has 0 radical (unpaired) electrons. The van der Waals surface area contributed by atoms with Crippen molar-refractivity contribution in [2.24, 2.45) is 11.8 Å². The van der Waals surface area contributed by atoms with Gasteiger partial charge in [-0.2, -0.15) is 0 Å². The number of carbonyl (C=O) groups excluding carboxylic acids is 1. The molecular weight excluding hydrogens is 303 g/mol. The van der Waals surface area contributed by atoms with Gasteiger partial charge in [0, 0.05) is 25.7 Å². The smallest absolute Gasteiger partial charge is 0.233 e. The molecule has 0 spiro atoms. The quantitative estimate of drug-likeness (QED) is 0.833. The number of amides is 1. The molecular formula is C20H25FN2O. The Morgan fingerprint density at radius 3 is 2.62 bits per heavy atom. The number of piperidine rings is 1. The standard InChI is InChI=1S/C20H25FN2O/c21-16-6-4-15(5-7-16)20(8-9-20)19(24)23-12-14-11-22-10-2-1-3-18(22)17(14)13-23/h4-7,14,17-18H,1-3,8-13H2/t14-,17+,18-/m0/s1. The van der Waals surface area contributed by atoms with E-state index in [1.165, 1.54) is 44.5 Å². The highest BCUT2D eigenvalue weighted by Crippen LogP contribution is 2.51. The van der Waals surface area contributed by atoms with Gasteiger partial charge in [-0.05, 0) is 61.8 Å². The lowest BCUT2D eigenvalue weighted by Crippen LogP contribution is -2.43. The van der Waals surface area contributed by atoms with Crippen LogP contribution in [-0.4, -0.2) is 47.9 Å². The second-order valence-corrected chi connectivity index (χ2v) is 8.28. The lowest BCUT2D eigenvalue weighted by molar-refractivity contribution is -0.133. The van der Waals surface area contributed by atoms with E-state index in [0.29, 0.717) is 23.8 Å². The van der Waals surface area contributed by atoms with E-state index in [1.807, 2.05) is 0 Å². The average Bonchev–Trinajstić information content (AvgIpc) is 3.18. The summed E-state index contributed by atoms with van der Waals surface area (Å²) in [6, 6.07) is 7.30. The fraction of sp³-hybridized carbons (Fsp3) is 0.650. The molecule has 3 saturated heterocycles. The summed E-state index contributed by atoms with van der Waals surface area (Å²) in [5.41, 5.74) is 0.656. The van der Waals surface area contributed by atoms with Crippen molar-refractivity contribution in [3.05, 3.63) is 35.6 Å². The lowest BCUT2D eigenvalue weighted by Gasteiger charge is -2.33. The first-order valence-electron chi connectivity index (χ1n) is 9.47. The monoisotopic (exact) mass is 328 g/mol. The summed E-state index contributed by atoms with van der Waals surface area (Å²) in [7, 11) is 0. The minimum absolute atomic E-state index is 0.227. The highest BCUT2D eigenvalue weighted by atomic mass is 19.1. The maximum Gasteiger partial charge on any atom is 0.233 e. The Bertz CT molecular complexity index is 654. The van der Waals surface area contributed by atoms with E-state index in [1.54, 1.807) is 12.1 Å². The van der Waals surface area contributed by atoms with E-state index in [0.717, 1.165) is 31.5 Å². The zero-order valence-corrected chi connectivity index (χ0v) is 14.1. The third-order valence-corrected chi connectivity index (χ3v) is 6.96. The molecule has 1 amide bonds. The van der Waals surface area contributed by atoms with Gasteiger partial charge in [0.15, 0.2) is 0 Å². The fourth-order valence-electron chi connectivity index (χ4n) is 5.54. The highest BCUT2D eigenvalue weighted by molar-refractivity contribution is 5.91. The Labute approximate surface area is 142 Å². The normalized spacial score (nSPS) is 34.0. The Hall–Kier alpha value is -1.42. The third kappa shape index (κ3) is 2.15. The van der Waals surface area contributed by atoms with Gasteiger partial charge in [-0.15, -0.1) is 0 Å². The number of hydrogen-bond donors (Lipinski definition) is 0. The van der Waals surface area contributed by atoms with Crippen LogP contribution in [0.3, 0.4) is 0 Å². The van der Waals surface area contributed by atoms with Gasteiger partial charge in [-0.1, -0.05) is 18.6 Å². The second kappa shape index (κ2) is 5.29. The van der Waals surface area contributed by atoms with Crippen molar-refractivity contribution in [3.8, 4) is 0 Å². The Morgan fingerprint density at radius 1 is 1.08 bits per heavy atom. The van der Waals surface area contributed by atoms with Gasteiger partial charge in [0.05, 0.1) is 5.41 Å². The maximum absolute atomic E-state index is 13.2. The zero-order valence-electron chi connectivity index (χ0n) is 14.1. The molecule has 3 aliphatic heterocycles. The van der Waals surface area contributed by atoms with Gasteiger partial charge in [0.2, 0.25) is 5.91 Å². The van der Waals surface area contributed by atoms with E-state index in [-0.39, 0.29) is 11.2 Å². The van der Waals surface area contributed by atoms with Gasteiger partial charge in [-0.3, -0.25) is 9.69 Å². The molecule has 3 atom stereocenters. The van der Waals surface area contributed by atoms with Gasteiger partial charge in [0.25, 0.3) is 0 Å². The van der Waals surface area contributed by atoms with E-state index in [4.69, 9.17) is 0 Å². The molecule has 0 unspecified atom stereocenters. The molecule has 128 valence electrons. The van der Waals surface area contributed by atoms with Crippen LogP contribution in [0.4, 0.5) is 4.39 Å². The number of rotatable bonds is 2. The minimum atomic E-state index is -0.349. The lowest BCUT2D eigenvalue weighted by atomic mass is 9.90.